The average molecular weight is 553 g/mol. The van der Waals surface area contributed by atoms with Crippen LogP contribution in [0.4, 0.5) is 13.2 Å². The number of carbonyl (C=O) groups is 2. The molecule has 0 spiro atoms. The fraction of sp³-hybridized carbons (Fsp3) is 0.500. The lowest BCUT2D eigenvalue weighted by atomic mass is 9.83. The van der Waals surface area contributed by atoms with E-state index >= 15 is 0 Å². The second-order valence-electron chi connectivity index (χ2n) is 10.3. The van der Waals surface area contributed by atoms with Gasteiger partial charge in [-0.25, -0.2) is 4.90 Å². The summed E-state index contributed by atoms with van der Waals surface area (Å²) in [6.45, 7) is 1.47. The number of alkyl halides is 3. The molecule has 2 fully saturated rings. The number of benzene rings is 2. The predicted octanol–water partition coefficient (Wildman–Crippen LogP) is 5.47. The van der Waals surface area contributed by atoms with Crippen molar-refractivity contribution in [3.63, 3.8) is 0 Å². The fourth-order valence-corrected chi connectivity index (χ4v) is 5.48. The van der Waals surface area contributed by atoms with Crippen molar-refractivity contribution in [3.05, 3.63) is 64.7 Å². The van der Waals surface area contributed by atoms with Crippen LogP contribution >= 0.6 is 11.6 Å². The maximum atomic E-state index is 13.5. The second kappa shape index (κ2) is 11.5. The molecule has 38 heavy (non-hydrogen) atoms. The molecule has 1 aliphatic carbocycles. The topological polar surface area (TPSA) is 70.1 Å². The molecule has 1 atom stereocenters. The van der Waals surface area contributed by atoms with Gasteiger partial charge in [-0.3, -0.25) is 9.59 Å². The Hall–Kier alpha value is -2.78. The van der Waals surface area contributed by atoms with E-state index in [1.54, 1.807) is 18.2 Å². The molecule has 1 aliphatic heterocycles. The molecule has 2 amide bonds. The van der Waals surface area contributed by atoms with Crippen molar-refractivity contribution in [2.75, 3.05) is 19.7 Å². The molecular formula is C28H32ClF3N2O4. The van der Waals surface area contributed by atoms with Gasteiger partial charge in [0.05, 0.1) is 12.1 Å². The Bertz CT molecular complexity index is 1130. The summed E-state index contributed by atoms with van der Waals surface area (Å²) in [5.41, 5.74) is 0.0490. The molecule has 1 saturated heterocycles. The van der Waals surface area contributed by atoms with Gasteiger partial charge in [0.2, 0.25) is 5.91 Å². The average Bonchev–Trinajstić information content (AvgIpc) is 3.22. The first-order chi connectivity index (χ1) is 17.9. The molecule has 6 nitrogen and oxygen atoms in total. The van der Waals surface area contributed by atoms with Crippen LogP contribution in [0, 0.1) is 5.92 Å². The zero-order valence-corrected chi connectivity index (χ0v) is 22.0. The van der Waals surface area contributed by atoms with E-state index in [1.165, 1.54) is 30.3 Å². The molecule has 1 heterocycles. The number of carbonyl (C=O) groups excluding carboxylic acids is 2. The van der Waals surface area contributed by atoms with E-state index in [-0.39, 0.29) is 40.7 Å². The number of hydrogen-bond donors (Lipinski definition) is 1. The van der Waals surface area contributed by atoms with Crippen molar-refractivity contribution in [1.29, 1.82) is 0 Å². The molecule has 2 aromatic rings. The van der Waals surface area contributed by atoms with E-state index in [9.17, 15) is 27.9 Å². The van der Waals surface area contributed by atoms with Gasteiger partial charge < -0.3 is 14.7 Å². The zero-order valence-electron chi connectivity index (χ0n) is 21.2. The van der Waals surface area contributed by atoms with Gasteiger partial charge in [0, 0.05) is 29.1 Å². The van der Waals surface area contributed by atoms with Crippen LogP contribution in [0.3, 0.4) is 0 Å². The standard InChI is InChI=1S/C28H32ClF3N2O4/c1-27(37)12-9-22(10-13-27)33-14-11-21(25(33)35)17-20-7-8-23(18-24(20)29)38-16-15-34(28(30,31)32)26(36)19-5-3-2-4-6-19/h2-8,18,21-22,37H,9-17H2,1H3. The van der Waals surface area contributed by atoms with Crippen LogP contribution in [0.2, 0.25) is 5.02 Å². The fourth-order valence-electron chi connectivity index (χ4n) is 5.23. The minimum atomic E-state index is -4.85. The minimum absolute atomic E-state index is 0.0624. The summed E-state index contributed by atoms with van der Waals surface area (Å²) in [5, 5.41) is 10.6. The molecular weight excluding hydrogens is 521 g/mol. The van der Waals surface area contributed by atoms with Crippen molar-refractivity contribution in [1.82, 2.24) is 9.80 Å². The SMILES string of the molecule is CC1(O)CCC(N2CCC(Cc3ccc(OCCN(C(=O)c4ccccc4)C(F)(F)F)cc3Cl)C2=O)CC1. The van der Waals surface area contributed by atoms with Gasteiger partial charge in [0.15, 0.2) is 0 Å². The first kappa shape index (κ1) is 28.2. The summed E-state index contributed by atoms with van der Waals surface area (Å²) in [4.78, 5) is 27.2. The molecule has 4 rings (SSSR count). The third kappa shape index (κ3) is 6.80. The molecule has 0 bridgehead atoms. The van der Waals surface area contributed by atoms with Gasteiger partial charge >= 0.3 is 6.30 Å². The summed E-state index contributed by atoms with van der Waals surface area (Å²) in [6.07, 6.45) is -0.715. The summed E-state index contributed by atoms with van der Waals surface area (Å²) in [6, 6.07) is 12.3. The van der Waals surface area contributed by atoms with Gasteiger partial charge in [-0.1, -0.05) is 35.9 Å². The number of halogens is 4. The number of rotatable bonds is 8. The van der Waals surface area contributed by atoms with E-state index in [2.05, 4.69) is 0 Å². The molecule has 0 radical (unpaired) electrons. The number of aliphatic hydroxyl groups is 1. The third-order valence-electron chi connectivity index (χ3n) is 7.47. The van der Waals surface area contributed by atoms with E-state index in [0.29, 0.717) is 30.8 Å². The molecule has 1 saturated carbocycles. The first-order valence-electron chi connectivity index (χ1n) is 12.8. The molecule has 0 aromatic heterocycles. The first-order valence-corrected chi connectivity index (χ1v) is 13.2. The maximum Gasteiger partial charge on any atom is 0.487 e. The van der Waals surface area contributed by atoms with Crippen molar-refractivity contribution in [2.24, 2.45) is 5.92 Å². The number of likely N-dealkylation sites (tertiary alicyclic amines) is 1. The lowest BCUT2D eigenvalue weighted by molar-refractivity contribution is -0.225. The number of amides is 2. The number of ether oxygens (including phenoxy) is 1. The molecule has 10 heteroatoms. The molecule has 1 unspecified atom stereocenters. The maximum absolute atomic E-state index is 13.5. The van der Waals surface area contributed by atoms with Crippen LogP contribution < -0.4 is 4.74 Å². The Morgan fingerprint density at radius 1 is 1.16 bits per heavy atom. The van der Waals surface area contributed by atoms with E-state index in [0.717, 1.165) is 24.8 Å². The Kier molecular flexibility index (Phi) is 8.57. The van der Waals surface area contributed by atoms with Crippen molar-refractivity contribution in [2.45, 2.75) is 63.4 Å². The van der Waals surface area contributed by atoms with Crippen molar-refractivity contribution < 1.29 is 32.6 Å². The molecule has 2 aliphatic rings. The highest BCUT2D eigenvalue weighted by atomic mass is 35.5. The quantitative estimate of drug-likeness (QED) is 0.441. The van der Waals surface area contributed by atoms with Crippen molar-refractivity contribution >= 4 is 23.4 Å². The summed E-state index contributed by atoms with van der Waals surface area (Å²) in [5.74, 6) is -0.958. The van der Waals surface area contributed by atoms with Gasteiger partial charge in [-0.15, -0.1) is 13.2 Å². The lowest BCUT2D eigenvalue weighted by Crippen LogP contribution is -2.45. The number of hydrogen-bond acceptors (Lipinski definition) is 4. The Balaban J connectivity index is 1.31. The van der Waals surface area contributed by atoms with E-state index < -0.39 is 24.4 Å². The summed E-state index contributed by atoms with van der Waals surface area (Å²) < 4.78 is 46.0. The van der Waals surface area contributed by atoms with Gasteiger partial charge in [-0.05, 0) is 75.3 Å². The van der Waals surface area contributed by atoms with Gasteiger partial charge in [0.25, 0.3) is 5.91 Å². The van der Waals surface area contributed by atoms with Crippen LogP contribution in [0.25, 0.3) is 0 Å². The minimum Gasteiger partial charge on any atom is -0.492 e. The lowest BCUT2D eigenvalue weighted by Gasteiger charge is -2.37. The molecule has 206 valence electrons. The highest BCUT2D eigenvalue weighted by Crippen LogP contribution is 2.35. The van der Waals surface area contributed by atoms with E-state index in [4.69, 9.17) is 16.3 Å². The van der Waals surface area contributed by atoms with Crippen LogP contribution in [-0.2, 0) is 11.2 Å². The Labute approximate surface area is 225 Å². The van der Waals surface area contributed by atoms with E-state index in [1.807, 2.05) is 11.8 Å². The van der Waals surface area contributed by atoms with Crippen LogP contribution in [0.1, 0.15) is 54.9 Å². The summed E-state index contributed by atoms with van der Waals surface area (Å²) >= 11 is 6.44. The second-order valence-corrected chi connectivity index (χ2v) is 10.7. The van der Waals surface area contributed by atoms with Gasteiger partial charge in [-0.2, -0.15) is 0 Å². The predicted molar refractivity (Wildman–Crippen MR) is 137 cm³/mol. The van der Waals surface area contributed by atoms with Gasteiger partial charge in [0.1, 0.15) is 12.4 Å². The van der Waals surface area contributed by atoms with Crippen molar-refractivity contribution in [3.8, 4) is 5.75 Å². The molecule has 1 N–H and O–H groups in total. The number of nitrogens with zero attached hydrogens (tertiary/aromatic N) is 2. The normalized spacial score (nSPS) is 23.9. The Morgan fingerprint density at radius 3 is 2.47 bits per heavy atom. The van der Waals surface area contributed by atoms with Crippen LogP contribution in [0.15, 0.2) is 48.5 Å². The monoisotopic (exact) mass is 552 g/mol. The molecule has 2 aromatic carbocycles. The Morgan fingerprint density at radius 2 is 1.84 bits per heavy atom. The summed E-state index contributed by atoms with van der Waals surface area (Å²) in [7, 11) is 0. The largest absolute Gasteiger partial charge is 0.492 e. The smallest absolute Gasteiger partial charge is 0.487 e. The third-order valence-corrected chi connectivity index (χ3v) is 7.82. The highest BCUT2D eigenvalue weighted by molar-refractivity contribution is 6.31. The van der Waals surface area contributed by atoms with Crippen LogP contribution in [-0.4, -0.2) is 64.4 Å². The zero-order chi connectivity index (χ0) is 27.5. The van der Waals surface area contributed by atoms with Crippen LogP contribution in [0.5, 0.6) is 5.75 Å². The highest BCUT2D eigenvalue weighted by Gasteiger charge is 2.41.